The molecule has 0 fully saturated rings. The lowest BCUT2D eigenvalue weighted by Gasteiger charge is -2.17. The number of fused-ring (bicyclic) bond motifs is 2. The van der Waals surface area contributed by atoms with Crippen molar-refractivity contribution in [1.82, 2.24) is 15.2 Å². The fraction of sp³-hybridized carbons (Fsp3) is 0.250. The van der Waals surface area contributed by atoms with Crippen LogP contribution in [0.1, 0.15) is 35.1 Å². The van der Waals surface area contributed by atoms with E-state index in [-0.39, 0.29) is 5.91 Å². The number of likely N-dealkylation sites (N-methyl/N-ethyl adjacent to an activating group) is 1. The smallest absolute Gasteiger partial charge is 0.245 e. The van der Waals surface area contributed by atoms with Gasteiger partial charge in [0.15, 0.2) is 0 Å². The number of phenols is 1. The number of ether oxygens (including phenoxy) is 1. The normalized spacial score (nSPS) is 13.5. The van der Waals surface area contributed by atoms with Gasteiger partial charge in [0, 0.05) is 33.3 Å². The number of aromatic hydroxyl groups is 1. The summed E-state index contributed by atoms with van der Waals surface area (Å²) in [6.07, 6.45) is 6.26. The third-order valence-electron chi connectivity index (χ3n) is 6.87. The predicted octanol–water partition coefficient (Wildman–Crippen LogP) is 5.91. The molecule has 0 unspecified atom stereocenters. The molecule has 1 heterocycles. The van der Waals surface area contributed by atoms with Crippen molar-refractivity contribution in [3.05, 3.63) is 101 Å². The zero-order valence-electron chi connectivity index (χ0n) is 22.3. The van der Waals surface area contributed by atoms with E-state index in [1.807, 2.05) is 35.9 Å². The van der Waals surface area contributed by atoms with E-state index in [2.05, 4.69) is 40.6 Å². The third-order valence-corrected chi connectivity index (χ3v) is 7.68. The van der Waals surface area contributed by atoms with Gasteiger partial charge in [-0.1, -0.05) is 30.3 Å². The molecular formula is C32H33N3O3S. The van der Waals surface area contributed by atoms with Crippen LogP contribution >= 0.6 is 11.3 Å². The van der Waals surface area contributed by atoms with E-state index in [4.69, 9.17) is 4.74 Å². The van der Waals surface area contributed by atoms with Gasteiger partial charge in [-0.15, -0.1) is 11.3 Å². The molecule has 4 aromatic rings. The Hall–Kier alpha value is -3.94. The first-order valence-corrected chi connectivity index (χ1v) is 14.1. The standard InChI is InChI=1S/C32H33N3O3S/c1-35(2)31(37)7-4-16-33-17-18-38-26-12-8-22(9-13-26)32-27(24-10-15-30-29(20-24)34-21-39-30)6-3-5-23-19-25(36)11-14-28(23)32/h4,7-15,19-21,33,36H,3,5-6,16-18H2,1-2H3/b7-4+. The fourth-order valence-electron chi connectivity index (χ4n) is 4.89. The highest BCUT2D eigenvalue weighted by atomic mass is 32.1. The van der Waals surface area contributed by atoms with E-state index >= 15 is 0 Å². The lowest BCUT2D eigenvalue weighted by Crippen LogP contribution is -2.22. The molecule has 0 saturated carbocycles. The number of amides is 1. The zero-order chi connectivity index (χ0) is 27.2. The molecule has 5 rings (SSSR count). The van der Waals surface area contributed by atoms with Crippen LogP contribution in [0.4, 0.5) is 0 Å². The van der Waals surface area contributed by atoms with Gasteiger partial charge in [-0.05, 0) is 89.1 Å². The number of phenolic OH excluding ortho intramolecular Hbond substituents is 1. The number of rotatable bonds is 9. The van der Waals surface area contributed by atoms with Crippen LogP contribution in [0.3, 0.4) is 0 Å². The Balaban J connectivity index is 1.36. The summed E-state index contributed by atoms with van der Waals surface area (Å²) in [6.45, 7) is 1.81. The van der Waals surface area contributed by atoms with Crippen LogP contribution in [-0.4, -0.2) is 54.7 Å². The summed E-state index contributed by atoms with van der Waals surface area (Å²) in [5.41, 5.74) is 10.1. The van der Waals surface area contributed by atoms with E-state index < -0.39 is 0 Å². The highest BCUT2D eigenvalue weighted by Gasteiger charge is 2.21. The van der Waals surface area contributed by atoms with Crippen LogP contribution in [0.25, 0.3) is 21.4 Å². The van der Waals surface area contributed by atoms with Crippen LogP contribution in [-0.2, 0) is 11.2 Å². The van der Waals surface area contributed by atoms with Gasteiger partial charge in [-0.2, -0.15) is 0 Å². The molecule has 1 aliphatic carbocycles. The second-order valence-electron chi connectivity index (χ2n) is 9.80. The van der Waals surface area contributed by atoms with E-state index in [9.17, 15) is 9.90 Å². The summed E-state index contributed by atoms with van der Waals surface area (Å²) in [5, 5.41) is 13.4. The lowest BCUT2D eigenvalue weighted by atomic mass is 9.87. The molecule has 0 saturated heterocycles. The number of benzene rings is 3. The Morgan fingerprint density at radius 3 is 2.72 bits per heavy atom. The van der Waals surface area contributed by atoms with Crippen molar-refractivity contribution in [2.24, 2.45) is 0 Å². The minimum Gasteiger partial charge on any atom is -0.508 e. The number of nitrogens with zero attached hydrogens (tertiary/aromatic N) is 2. The molecule has 0 bridgehead atoms. The van der Waals surface area contributed by atoms with Gasteiger partial charge in [0.25, 0.3) is 0 Å². The van der Waals surface area contributed by atoms with Crippen molar-refractivity contribution in [1.29, 1.82) is 0 Å². The first-order chi connectivity index (χ1) is 19.0. The Morgan fingerprint density at radius 1 is 1.08 bits per heavy atom. The van der Waals surface area contributed by atoms with E-state index in [1.165, 1.54) is 27.0 Å². The van der Waals surface area contributed by atoms with Gasteiger partial charge in [0.1, 0.15) is 18.1 Å². The molecule has 0 spiro atoms. The minimum absolute atomic E-state index is 0.0248. The van der Waals surface area contributed by atoms with Gasteiger partial charge >= 0.3 is 0 Å². The molecule has 1 amide bonds. The topological polar surface area (TPSA) is 74.7 Å². The Kier molecular flexibility index (Phi) is 8.39. The summed E-state index contributed by atoms with van der Waals surface area (Å²) in [5.74, 6) is 1.09. The van der Waals surface area contributed by atoms with Crippen molar-refractivity contribution >= 4 is 38.6 Å². The van der Waals surface area contributed by atoms with Gasteiger partial charge in [0.05, 0.1) is 15.7 Å². The van der Waals surface area contributed by atoms with Crippen molar-refractivity contribution in [2.45, 2.75) is 19.3 Å². The molecule has 0 radical (unpaired) electrons. The summed E-state index contributed by atoms with van der Waals surface area (Å²) in [6, 6.07) is 20.6. The van der Waals surface area contributed by atoms with Crippen molar-refractivity contribution in [3.8, 4) is 11.5 Å². The molecule has 1 aromatic heterocycles. The van der Waals surface area contributed by atoms with Crippen LogP contribution in [0, 0.1) is 0 Å². The second kappa shape index (κ2) is 12.3. The average molecular weight is 540 g/mol. The number of hydrogen-bond acceptors (Lipinski definition) is 6. The van der Waals surface area contributed by atoms with Crippen molar-refractivity contribution in [3.63, 3.8) is 0 Å². The second-order valence-corrected chi connectivity index (χ2v) is 10.7. The number of hydrogen-bond donors (Lipinski definition) is 2. The molecule has 39 heavy (non-hydrogen) atoms. The lowest BCUT2D eigenvalue weighted by molar-refractivity contribution is -0.123. The number of aromatic nitrogens is 1. The summed E-state index contributed by atoms with van der Waals surface area (Å²) >= 11 is 1.66. The Labute approximate surface area is 233 Å². The van der Waals surface area contributed by atoms with E-state index in [0.29, 0.717) is 25.4 Å². The molecular weight excluding hydrogens is 506 g/mol. The van der Waals surface area contributed by atoms with Crippen LogP contribution < -0.4 is 10.1 Å². The molecule has 6 nitrogen and oxygen atoms in total. The zero-order valence-corrected chi connectivity index (χ0v) is 23.1. The van der Waals surface area contributed by atoms with Crippen molar-refractivity contribution in [2.75, 3.05) is 33.8 Å². The first kappa shape index (κ1) is 26.7. The maximum Gasteiger partial charge on any atom is 0.245 e. The number of allylic oxidation sites excluding steroid dienone is 1. The van der Waals surface area contributed by atoms with Gasteiger partial charge in [0.2, 0.25) is 5.91 Å². The monoisotopic (exact) mass is 539 g/mol. The van der Waals surface area contributed by atoms with E-state index in [1.54, 1.807) is 42.5 Å². The fourth-order valence-corrected chi connectivity index (χ4v) is 5.55. The Morgan fingerprint density at radius 2 is 1.90 bits per heavy atom. The van der Waals surface area contributed by atoms with Crippen molar-refractivity contribution < 1.29 is 14.6 Å². The number of carbonyl (C=O) groups is 1. The summed E-state index contributed by atoms with van der Waals surface area (Å²) in [7, 11) is 3.47. The highest BCUT2D eigenvalue weighted by molar-refractivity contribution is 7.16. The molecule has 0 atom stereocenters. The molecule has 7 heteroatoms. The molecule has 2 N–H and O–H groups in total. The van der Waals surface area contributed by atoms with Crippen LogP contribution in [0.15, 0.2) is 78.3 Å². The number of thiazole rings is 1. The van der Waals surface area contributed by atoms with Gasteiger partial charge in [-0.3, -0.25) is 4.79 Å². The van der Waals surface area contributed by atoms with Gasteiger partial charge < -0.3 is 20.1 Å². The Bertz CT molecular complexity index is 1520. The number of nitrogens with one attached hydrogen (secondary N) is 1. The molecule has 200 valence electrons. The summed E-state index contributed by atoms with van der Waals surface area (Å²) in [4.78, 5) is 17.7. The highest BCUT2D eigenvalue weighted by Crippen LogP contribution is 2.41. The van der Waals surface area contributed by atoms with E-state index in [0.717, 1.165) is 41.7 Å². The average Bonchev–Trinajstić information content (AvgIpc) is 3.33. The third kappa shape index (κ3) is 6.38. The van der Waals surface area contributed by atoms with Crippen LogP contribution in [0.2, 0.25) is 0 Å². The SMILES string of the molecule is CN(C)C(=O)/C=C/CNCCOc1ccc(C2=C(c3ccc4scnc4c3)CCCc3cc(O)ccc32)cc1. The first-order valence-electron chi connectivity index (χ1n) is 13.2. The molecule has 0 aliphatic heterocycles. The predicted molar refractivity (Wildman–Crippen MR) is 159 cm³/mol. The molecule has 1 aliphatic rings. The molecule has 3 aromatic carbocycles. The maximum atomic E-state index is 11.6. The maximum absolute atomic E-state index is 11.6. The number of carbonyl (C=O) groups excluding carboxylic acids is 1. The van der Waals surface area contributed by atoms with Crippen LogP contribution in [0.5, 0.6) is 11.5 Å². The van der Waals surface area contributed by atoms with Gasteiger partial charge in [-0.25, -0.2) is 4.98 Å². The minimum atomic E-state index is -0.0248. The largest absolute Gasteiger partial charge is 0.508 e. The summed E-state index contributed by atoms with van der Waals surface area (Å²) < 4.78 is 7.15. The number of aryl methyl sites for hydroxylation is 1. The quantitative estimate of drug-likeness (QED) is 0.204.